The van der Waals surface area contributed by atoms with Crippen LogP contribution in [0.4, 0.5) is 5.69 Å². The lowest BCUT2D eigenvalue weighted by Crippen LogP contribution is -2.46. The highest BCUT2D eigenvalue weighted by atomic mass is 32.1. The van der Waals surface area contributed by atoms with Gasteiger partial charge in [-0.25, -0.2) is 0 Å². The van der Waals surface area contributed by atoms with Gasteiger partial charge in [0.1, 0.15) is 10.7 Å². The number of rotatable bonds is 2. The number of thiocarbonyl (C=S) groups is 1. The van der Waals surface area contributed by atoms with Gasteiger partial charge in [0.25, 0.3) is 0 Å². The topological polar surface area (TPSA) is 62.4 Å². The molecule has 1 atom stereocenters. The van der Waals surface area contributed by atoms with E-state index >= 15 is 0 Å². The first kappa shape index (κ1) is 12.3. The molecule has 1 unspecified atom stereocenters. The van der Waals surface area contributed by atoms with Crippen molar-refractivity contribution in [2.24, 2.45) is 5.73 Å². The van der Waals surface area contributed by atoms with Crippen LogP contribution in [0.1, 0.15) is 25.5 Å². The van der Waals surface area contributed by atoms with Gasteiger partial charge in [-0.05, 0) is 31.9 Å². The number of aromatic nitrogens is 1. The Labute approximate surface area is 106 Å². The highest BCUT2D eigenvalue weighted by molar-refractivity contribution is 7.80. The molecule has 0 spiro atoms. The van der Waals surface area contributed by atoms with Crippen LogP contribution in [-0.2, 0) is 0 Å². The summed E-state index contributed by atoms with van der Waals surface area (Å²) in [5.74, 6) is 0. The molecule has 1 saturated heterocycles. The van der Waals surface area contributed by atoms with Crippen molar-refractivity contribution < 1.29 is 5.11 Å². The zero-order valence-corrected chi connectivity index (χ0v) is 10.7. The minimum atomic E-state index is -0.651. The Bertz CT molecular complexity index is 434. The maximum atomic E-state index is 10.1. The molecule has 1 aromatic rings. The summed E-state index contributed by atoms with van der Waals surface area (Å²) in [7, 11) is 0. The molecule has 92 valence electrons. The van der Waals surface area contributed by atoms with E-state index in [1.54, 1.807) is 6.20 Å². The average molecular weight is 251 g/mol. The first-order chi connectivity index (χ1) is 7.99. The zero-order chi connectivity index (χ0) is 12.5. The van der Waals surface area contributed by atoms with E-state index in [0.29, 0.717) is 17.2 Å². The first-order valence-electron chi connectivity index (χ1n) is 5.72. The minimum absolute atomic E-state index is 0.297. The van der Waals surface area contributed by atoms with Crippen LogP contribution in [0.25, 0.3) is 0 Å². The van der Waals surface area contributed by atoms with E-state index < -0.39 is 5.60 Å². The van der Waals surface area contributed by atoms with Crippen molar-refractivity contribution >= 4 is 22.9 Å². The Morgan fingerprint density at radius 1 is 1.65 bits per heavy atom. The monoisotopic (exact) mass is 251 g/mol. The Balaban J connectivity index is 2.30. The Hall–Kier alpha value is -1.20. The van der Waals surface area contributed by atoms with Gasteiger partial charge in [0.15, 0.2) is 0 Å². The van der Waals surface area contributed by atoms with Crippen molar-refractivity contribution in [1.29, 1.82) is 0 Å². The molecule has 4 nitrogen and oxygen atoms in total. The predicted octanol–water partition coefficient (Wildman–Crippen LogP) is 1.07. The fourth-order valence-electron chi connectivity index (χ4n) is 2.27. The van der Waals surface area contributed by atoms with Crippen LogP contribution >= 0.6 is 12.2 Å². The van der Waals surface area contributed by atoms with Crippen molar-refractivity contribution in [2.45, 2.75) is 25.4 Å². The number of nitrogens with zero attached hydrogens (tertiary/aromatic N) is 2. The smallest absolute Gasteiger partial charge is 0.124 e. The fraction of sp³-hybridized carbons (Fsp3) is 0.500. The molecule has 0 saturated carbocycles. The van der Waals surface area contributed by atoms with Crippen LogP contribution in [0.5, 0.6) is 0 Å². The molecule has 2 heterocycles. The fourth-order valence-corrected chi connectivity index (χ4v) is 2.42. The molecule has 2 rings (SSSR count). The van der Waals surface area contributed by atoms with Crippen LogP contribution in [0.3, 0.4) is 0 Å². The molecule has 0 aliphatic carbocycles. The van der Waals surface area contributed by atoms with E-state index in [1.807, 2.05) is 19.1 Å². The largest absolute Gasteiger partial charge is 0.388 e. The van der Waals surface area contributed by atoms with Gasteiger partial charge in [-0.15, -0.1) is 0 Å². The molecule has 1 aliphatic heterocycles. The third-order valence-corrected chi connectivity index (χ3v) is 3.23. The number of hydrogen-bond acceptors (Lipinski definition) is 4. The average Bonchev–Trinajstić information content (AvgIpc) is 2.27. The molecule has 3 N–H and O–H groups in total. The van der Waals surface area contributed by atoms with Gasteiger partial charge in [-0.1, -0.05) is 12.2 Å². The first-order valence-corrected chi connectivity index (χ1v) is 6.12. The van der Waals surface area contributed by atoms with Crippen molar-refractivity contribution in [1.82, 2.24) is 4.98 Å². The zero-order valence-electron chi connectivity index (χ0n) is 9.89. The van der Waals surface area contributed by atoms with Crippen LogP contribution in [-0.4, -0.2) is 33.8 Å². The summed E-state index contributed by atoms with van der Waals surface area (Å²) in [6.45, 7) is 3.35. The number of aliphatic hydroxyl groups is 1. The van der Waals surface area contributed by atoms with E-state index in [1.165, 1.54) is 0 Å². The molecule has 0 radical (unpaired) electrons. The van der Waals surface area contributed by atoms with Gasteiger partial charge in [-0.3, -0.25) is 4.98 Å². The van der Waals surface area contributed by atoms with Crippen molar-refractivity contribution in [2.75, 3.05) is 18.0 Å². The second-order valence-corrected chi connectivity index (χ2v) is 5.20. The van der Waals surface area contributed by atoms with Crippen molar-refractivity contribution in [3.8, 4) is 0 Å². The Morgan fingerprint density at radius 3 is 3.06 bits per heavy atom. The number of piperidine rings is 1. The third-order valence-electron chi connectivity index (χ3n) is 3.04. The number of pyridine rings is 1. The summed E-state index contributed by atoms with van der Waals surface area (Å²) in [5, 5.41) is 10.1. The molecule has 0 bridgehead atoms. The second-order valence-electron chi connectivity index (χ2n) is 4.76. The van der Waals surface area contributed by atoms with Crippen LogP contribution < -0.4 is 10.6 Å². The molecule has 1 aliphatic rings. The number of hydrogen-bond donors (Lipinski definition) is 2. The summed E-state index contributed by atoms with van der Waals surface area (Å²) in [5.41, 5.74) is 6.57. The molecule has 1 aromatic heterocycles. The van der Waals surface area contributed by atoms with Crippen LogP contribution in [0.2, 0.25) is 0 Å². The van der Waals surface area contributed by atoms with E-state index in [0.717, 1.165) is 25.1 Å². The summed E-state index contributed by atoms with van der Waals surface area (Å²) < 4.78 is 0. The maximum Gasteiger partial charge on any atom is 0.124 e. The number of anilines is 1. The van der Waals surface area contributed by atoms with Crippen LogP contribution in [0, 0.1) is 0 Å². The molecule has 0 amide bonds. The highest BCUT2D eigenvalue weighted by Gasteiger charge is 2.29. The van der Waals surface area contributed by atoms with E-state index in [2.05, 4.69) is 9.88 Å². The summed E-state index contributed by atoms with van der Waals surface area (Å²) in [6.07, 6.45) is 3.46. The number of nitrogens with two attached hydrogens (primary N) is 1. The lowest BCUT2D eigenvalue weighted by molar-refractivity contribution is 0.0449. The summed E-state index contributed by atoms with van der Waals surface area (Å²) in [4.78, 5) is 6.61. The van der Waals surface area contributed by atoms with Gasteiger partial charge in [0.2, 0.25) is 0 Å². The van der Waals surface area contributed by atoms with Crippen molar-refractivity contribution in [3.63, 3.8) is 0 Å². The molecular weight excluding hydrogens is 234 g/mol. The van der Waals surface area contributed by atoms with E-state index in [-0.39, 0.29) is 0 Å². The third kappa shape index (κ3) is 2.73. The predicted molar refractivity (Wildman–Crippen MR) is 72.2 cm³/mol. The molecule has 0 aromatic carbocycles. The standard InChI is InChI=1S/C12H17N3OS/c1-12(16)5-3-7-15(8-12)9-4-2-6-14-10(9)11(13)17/h2,4,6,16H,3,5,7-8H2,1H3,(H2,13,17). The van der Waals surface area contributed by atoms with E-state index in [9.17, 15) is 5.11 Å². The Morgan fingerprint density at radius 2 is 2.41 bits per heavy atom. The van der Waals surface area contributed by atoms with Gasteiger partial charge in [0, 0.05) is 19.3 Å². The van der Waals surface area contributed by atoms with Crippen molar-refractivity contribution in [3.05, 3.63) is 24.0 Å². The number of β-amino-alcohol motifs (C(OH)–C–C–N with tert-alkyl or cyclic N) is 1. The summed E-state index contributed by atoms with van der Waals surface area (Å²) >= 11 is 5.00. The maximum absolute atomic E-state index is 10.1. The van der Waals surface area contributed by atoms with Gasteiger partial charge >= 0.3 is 0 Å². The summed E-state index contributed by atoms with van der Waals surface area (Å²) in [6, 6.07) is 3.81. The van der Waals surface area contributed by atoms with E-state index in [4.69, 9.17) is 18.0 Å². The molecule has 5 heteroatoms. The highest BCUT2D eigenvalue weighted by Crippen LogP contribution is 2.27. The van der Waals surface area contributed by atoms with Gasteiger partial charge in [0.05, 0.1) is 11.3 Å². The minimum Gasteiger partial charge on any atom is -0.388 e. The molecule has 17 heavy (non-hydrogen) atoms. The quantitative estimate of drug-likeness (QED) is 0.770. The second kappa shape index (κ2) is 4.58. The Kier molecular flexibility index (Phi) is 3.31. The lowest BCUT2D eigenvalue weighted by atomic mass is 9.94. The lowest BCUT2D eigenvalue weighted by Gasteiger charge is -2.38. The normalized spacial score (nSPS) is 24.7. The van der Waals surface area contributed by atoms with Crippen LogP contribution in [0.15, 0.2) is 18.3 Å². The molecular formula is C12H17N3OS. The van der Waals surface area contributed by atoms with Gasteiger partial charge in [-0.2, -0.15) is 0 Å². The molecule has 1 fully saturated rings. The van der Waals surface area contributed by atoms with Gasteiger partial charge < -0.3 is 15.7 Å². The SMILES string of the molecule is CC1(O)CCCN(c2cccnc2C(N)=S)C1.